The van der Waals surface area contributed by atoms with Crippen LogP contribution >= 0.6 is 22.9 Å². The lowest BCUT2D eigenvalue weighted by molar-refractivity contribution is 0.303. The van der Waals surface area contributed by atoms with E-state index in [4.69, 9.17) is 16.3 Å². The average molecular weight is 461 g/mol. The van der Waals surface area contributed by atoms with E-state index in [1.807, 2.05) is 41.8 Å². The molecule has 0 saturated carbocycles. The summed E-state index contributed by atoms with van der Waals surface area (Å²) >= 11 is 7.41. The summed E-state index contributed by atoms with van der Waals surface area (Å²) in [5.41, 5.74) is 2.01. The van der Waals surface area contributed by atoms with Gasteiger partial charge in [0.25, 0.3) is 5.56 Å². The number of hydrogen-bond donors (Lipinski definition) is 0. The zero-order valence-electron chi connectivity index (χ0n) is 17.3. The van der Waals surface area contributed by atoms with Gasteiger partial charge < -0.3 is 4.74 Å². The minimum atomic E-state index is 0.0121. The Morgan fingerprint density at radius 3 is 2.62 bits per heavy atom. The lowest BCUT2D eigenvalue weighted by atomic mass is 10.0. The number of aromatic nitrogens is 2. The number of hydrogen-bond acceptors (Lipinski definition) is 4. The molecule has 160 valence electrons. The topological polar surface area (TPSA) is 44.1 Å². The molecule has 0 aliphatic heterocycles. The van der Waals surface area contributed by atoms with Gasteiger partial charge in [0.05, 0.1) is 18.3 Å². The highest BCUT2D eigenvalue weighted by Gasteiger charge is 2.13. The maximum Gasteiger partial charge on any atom is 0.262 e. The Hall–Kier alpha value is -3.15. The molecule has 32 heavy (non-hydrogen) atoms. The Morgan fingerprint density at radius 2 is 1.78 bits per heavy atom. The Balaban J connectivity index is 1.32. The maximum atomic E-state index is 13.3. The molecule has 0 fully saturated rings. The van der Waals surface area contributed by atoms with Crippen molar-refractivity contribution in [2.45, 2.75) is 19.4 Å². The Labute approximate surface area is 194 Å². The van der Waals surface area contributed by atoms with E-state index in [-0.39, 0.29) is 5.56 Å². The van der Waals surface area contributed by atoms with Crippen molar-refractivity contribution >= 4 is 43.9 Å². The van der Waals surface area contributed by atoms with Crippen molar-refractivity contribution in [2.24, 2.45) is 0 Å². The van der Waals surface area contributed by atoms with Crippen LogP contribution in [0.15, 0.2) is 83.2 Å². The number of benzene rings is 3. The zero-order valence-corrected chi connectivity index (χ0v) is 18.9. The molecule has 0 bridgehead atoms. The summed E-state index contributed by atoms with van der Waals surface area (Å²) in [5.74, 6) is 0.799. The fraction of sp³-hybridized carbons (Fsp3) is 0.154. The molecule has 3 aromatic carbocycles. The van der Waals surface area contributed by atoms with Crippen molar-refractivity contribution in [3.8, 4) is 16.9 Å². The molecule has 5 rings (SSSR count). The molecular formula is C26H21ClN2O2S. The standard InChI is InChI=1S/C26H21ClN2O2S/c27-21-9-11-22(12-10-21)31-14-4-3-13-29-17-28-25-24(26(29)30)23(16-32-25)20-8-7-18-5-1-2-6-19(18)15-20/h1-2,5-12,15-17H,3-4,13-14H2. The van der Waals surface area contributed by atoms with E-state index in [2.05, 4.69) is 35.3 Å². The first-order valence-corrected chi connectivity index (χ1v) is 11.8. The number of halogens is 1. The summed E-state index contributed by atoms with van der Waals surface area (Å²) in [6.45, 7) is 1.20. The molecule has 0 spiro atoms. The molecule has 2 aromatic heterocycles. The molecule has 0 aliphatic carbocycles. The average Bonchev–Trinajstić information content (AvgIpc) is 3.26. The van der Waals surface area contributed by atoms with Gasteiger partial charge in [0.1, 0.15) is 10.6 Å². The molecule has 0 aliphatic rings. The molecule has 0 unspecified atom stereocenters. The number of fused-ring (bicyclic) bond motifs is 2. The minimum Gasteiger partial charge on any atom is -0.494 e. The molecule has 4 nitrogen and oxygen atoms in total. The van der Waals surface area contributed by atoms with Crippen molar-refractivity contribution < 1.29 is 4.74 Å². The van der Waals surface area contributed by atoms with E-state index < -0.39 is 0 Å². The summed E-state index contributed by atoms with van der Waals surface area (Å²) in [6.07, 6.45) is 3.33. The highest BCUT2D eigenvalue weighted by atomic mass is 35.5. The number of aryl methyl sites for hydroxylation is 1. The fourth-order valence-electron chi connectivity index (χ4n) is 3.80. The predicted octanol–water partition coefficient (Wildman–Crippen LogP) is 6.79. The third-order valence-corrected chi connectivity index (χ3v) is 6.64. The third-order valence-electron chi connectivity index (χ3n) is 5.50. The first kappa shape index (κ1) is 20.7. The highest BCUT2D eigenvalue weighted by Crippen LogP contribution is 2.32. The smallest absolute Gasteiger partial charge is 0.262 e. The van der Waals surface area contributed by atoms with Crippen molar-refractivity contribution in [2.75, 3.05) is 6.61 Å². The molecule has 0 N–H and O–H groups in total. The van der Waals surface area contributed by atoms with Crippen molar-refractivity contribution in [3.05, 3.63) is 93.8 Å². The molecular weight excluding hydrogens is 440 g/mol. The summed E-state index contributed by atoms with van der Waals surface area (Å²) in [4.78, 5) is 18.6. The molecule has 5 aromatic rings. The molecule has 2 heterocycles. The third kappa shape index (κ3) is 4.27. The van der Waals surface area contributed by atoms with Gasteiger partial charge in [0.2, 0.25) is 0 Å². The van der Waals surface area contributed by atoms with Crippen molar-refractivity contribution in [3.63, 3.8) is 0 Å². The van der Waals surface area contributed by atoms with Gasteiger partial charge in [-0.1, -0.05) is 48.0 Å². The van der Waals surface area contributed by atoms with Gasteiger partial charge in [0.15, 0.2) is 0 Å². The first-order chi connectivity index (χ1) is 15.7. The van der Waals surface area contributed by atoms with Gasteiger partial charge >= 0.3 is 0 Å². The van der Waals surface area contributed by atoms with Crippen LogP contribution in [0.2, 0.25) is 5.02 Å². The highest BCUT2D eigenvalue weighted by molar-refractivity contribution is 7.17. The summed E-state index contributed by atoms with van der Waals surface area (Å²) in [6, 6.07) is 21.9. The Kier molecular flexibility index (Phi) is 5.93. The Morgan fingerprint density at radius 1 is 0.969 bits per heavy atom. The van der Waals surface area contributed by atoms with Gasteiger partial charge in [-0.3, -0.25) is 9.36 Å². The number of nitrogens with zero attached hydrogens (tertiary/aromatic N) is 2. The van der Waals surface area contributed by atoms with E-state index in [9.17, 15) is 4.79 Å². The minimum absolute atomic E-state index is 0.0121. The fourth-order valence-corrected chi connectivity index (χ4v) is 4.83. The van der Waals surface area contributed by atoms with Crippen molar-refractivity contribution in [1.82, 2.24) is 9.55 Å². The molecule has 0 radical (unpaired) electrons. The van der Waals surface area contributed by atoms with Crippen LogP contribution in [0.5, 0.6) is 5.75 Å². The van der Waals surface area contributed by atoms with E-state index in [1.54, 1.807) is 10.9 Å². The zero-order chi connectivity index (χ0) is 21.9. The van der Waals surface area contributed by atoms with E-state index in [1.165, 1.54) is 16.7 Å². The van der Waals surface area contributed by atoms with E-state index >= 15 is 0 Å². The quantitative estimate of drug-likeness (QED) is 0.251. The van der Waals surface area contributed by atoms with Gasteiger partial charge in [0, 0.05) is 22.5 Å². The van der Waals surface area contributed by atoms with Crippen LogP contribution in [0.25, 0.3) is 32.1 Å². The second-order valence-electron chi connectivity index (χ2n) is 7.64. The van der Waals surface area contributed by atoms with Crippen molar-refractivity contribution in [1.29, 1.82) is 0 Å². The maximum absolute atomic E-state index is 13.3. The predicted molar refractivity (Wildman–Crippen MR) is 133 cm³/mol. The number of thiophene rings is 1. The van der Waals surface area contributed by atoms with Crippen LogP contribution in [-0.4, -0.2) is 16.2 Å². The normalized spacial score (nSPS) is 11.3. The van der Waals surface area contributed by atoms with Crippen LogP contribution in [0.4, 0.5) is 0 Å². The SMILES string of the molecule is O=c1c2c(-c3ccc4ccccc4c3)csc2ncn1CCCCOc1ccc(Cl)cc1. The summed E-state index contributed by atoms with van der Waals surface area (Å²) in [7, 11) is 0. The Bertz CT molecular complexity index is 1440. The monoisotopic (exact) mass is 460 g/mol. The molecule has 0 saturated heterocycles. The van der Waals surface area contributed by atoms with Gasteiger partial charge in [-0.05, 0) is 59.5 Å². The largest absolute Gasteiger partial charge is 0.494 e. The summed E-state index contributed by atoms with van der Waals surface area (Å²) < 4.78 is 7.45. The first-order valence-electron chi connectivity index (χ1n) is 10.5. The lowest BCUT2D eigenvalue weighted by Gasteiger charge is -2.08. The van der Waals surface area contributed by atoms with Crippen LogP contribution in [0.3, 0.4) is 0 Å². The second kappa shape index (κ2) is 9.15. The molecule has 6 heteroatoms. The van der Waals surface area contributed by atoms with Gasteiger partial charge in [-0.2, -0.15) is 0 Å². The van der Waals surface area contributed by atoms with E-state index in [0.29, 0.717) is 23.6 Å². The van der Waals surface area contributed by atoms with Crippen LogP contribution < -0.4 is 10.3 Å². The number of rotatable bonds is 7. The summed E-state index contributed by atoms with van der Waals surface area (Å²) in [5, 5.41) is 5.77. The number of ether oxygens (including phenoxy) is 1. The molecule has 0 atom stereocenters. The number of unbranched alkanes of at least 4 members (excludes halogenated alkanes) is 1. The van der Waals surface area contributed by atoms with Gasteiger partial charge in [-0.15, -0.1) is 11.3 Å². The molecule has 0 amide bonds. The van der Waals surface area contributed by atoms with Gasteiger partial charge in [-0.25, -0.2) is 4.98 Å². The lowest BCUT2D eigenvalue weighted by Crippen LogP contribution is -2.20. The van der Waals surface area contributed by atoms with E-state index in [0.717, 1.165) is 39.9 Å². The van der Waals surface area contributed by atoms with Crippen LogP contribution in [-0.2, 0) is 6.54 Å². The van der Waals surface area contributed by atoms with Crippen LogP contribution in [0, 0.1) is 0 Å². The second-order valence-corrected chi connectivity index (χ2v) is 8.94. The van der Waals surface area contributed by atoms with Crippen LogP contribution in [0.1, 0.15) is 12.8 Å².